The van der Waals surface area contributed by atoms with E-state index in [0.29, 0.717) is 0 Å². The highest BCUT2D eigenvalue weighted by atomic mass is 15.0. The number of fused-ring (bicyclic) bond motifs is 7. The fourth-order valence-electron chi connectivity index (χ4n) is 5.43. The van der Waals surface area contributed by atoms with Crippen molar-refractivity contribution < 1.29 is 38.4 Å². The Hall–Kier alpha value is -5.66. The van der Waals surface area contributed by atoms with Gasteiger partial charge in [-0.1, -0.05) is 145 Å². The maximum absolute atomic E-state index is 9.71. The largest absolute Gasteiger partial charge is 0.309 e. The normalized spacial score (nSPS) is 22.6. The molecule has 9 rings (SSSR count). The Morgan fingerprint density at radius 1 is 0.432 bits per heavy atom. The second-order valence-corrected chi connectivity index (χ2v) is 9.56. The van der Waals surface area contributed by atoms with E-state index in [-0.39, 0.29) is 0 Å². The Kier molecular flexibility index (Phi) is 2.19. The fraction of sp³-hybridized carbons (Fsp3) is 0.0233. The quantitative estimate of drug-likeness (QED) is 0.193. The topological polar surface area (TPSA) is 4.93 Å². The van der Waals surface area contributed by atoms with Crippen LogP contribution in [-0.2, 0) is 0 Å². The molecule has 0 aliphatic heterocycles. The lowest BCUT2D eigenvalue weighted by Crippen LogP contribution is -1.99. The van der Waals surface area contributed by atoms with E-state index in [0.717, 1.165) is 4.57 Å². The summed E-state index contributed by atoms with van der Waals surface area (Å²) < 4.78 is 249. The molecule has 0 fully saturated rings. The number of benzene rings is 7. The average Bonchev–Trinajstić information content (AvgIpc) is 3.88. The fourth-order valence-corrected chi connectivity index (χ4v) is 5.43. The summed E-state index contributed by atoms with van der Waals surface area (Å²) in [5.41, 5.74) is -7.59. The van der Waals surface area contributed by atoms with Gasteiger partial charge in [0.2, 0.25) is 0 Å². The van der Waals surface area contributed by atoms with Crippen LogP contribution in [0.15, 0.2) is 169 Å². The third-order valence-electron chi connectivity index (χ3n) is 7.25. The number of hydrogen-bond acceptors (Lipinski definition) is 0. The van der Waals surface area contributed by atoms with Gasteiger partial charge in [0.1, 0.15) is 0 Å². The van der Waals surface area contributed by atoms with Crippen molar-refractivity contribution in [2.75, 3.05) is 0 Å². The summed E-state index contributed by atoms with van der Waals surface area (Å²) in [4.78, 5) is 0. The van der Waals surface area contributed by atoms with Crippen molar-refractivity contribution in [2.45, 2.75) is 5.92 Å². The number of aromatic nitrogens is 1. The van der Waals surface area contributed by atoms with Crippen molar-refractivity contribution in [2.24, 2.45) is 0 Å². The molecule has 44 heavy (non-hydrogen) atoms. The molecule has 1 nitrogen and oxygen atoms in total. The molecule has 0 spiro atoms. The van der Waals surface area contributed by atoms with E-state index >= 15 is 0 Å². The second kappa shape index (κ2) is 9.97. The van der Waals surface area contributed by atoms with Crippen molar-refractivity contribution in [1.29, 1.82) is 0 Å². The first-order chi connectivity index (χ1) is 33.5. The van der Waals surface area contributed by atoms with Crippen LogP contribution in [-0.4, -0.2) is 4.57 Å². The molecule has 206 valence electrons. The van der Waals surface area contributed by atoms with Crippen LogP contribution < -0.4 is 0 Å². The van der Waals surface area contributed by atoms with E-state index < -0.39 is 253 Å². The van der Waals surface area contributed by atoms with Gasteiger partial charge in [0.05, 0.1) is 49.4 Å². The highest BCUT2D eigenvalue weighted by Gasteiger charge is 2.32. The molecule has 0 radical (unpaired) electrons. The number of para-hydroxylation sites is 1. The number of rotatable bonds is 4. The molecule has 1 heteroatoms. The molecule has 1 aliphatic carbocycles. The molecule has 1 atom stereocenters. The third-order valence-corrected chi connectivity index (χ3v) is 7.25. The molecule has 7 aromatic carbocycles. The molecule has 8 aromatic rings. The molecule has 0 amide bonds. The molecular formula is C43H29N. The van der Waals surface area contributed by atoms with Gasteiger partial charge < -0.3 is 4.57 Å². The van der Waals surface area contributed by atoms with Crippen LogP contribution in [0.1, 0.15) is 61.0 Å². The zero-order valence-electron chi connectivity index (χ0n) is 50.0. The minimum absolute atomic E-state index is 0.440. The summed E-state index contributed by atoms with van der Waals surface area (Å²) in [5, 5.41) is -1.01. The summed E-state index contributed by atoms with van der Waals surface area (Å²) in [5.74, 6) is -1.94. The minimum Gasteiger partial charge on any atom is -0.309 e. The predicted molar refractivity (Wildman–Crippen MR) is 184 cm³/mol. The van der Waals surface area contributed by atoms with Gasteiger partial charge >= 0.3 is 0 Å². The van der Waals surface area contributed by atoms with Gasteiger partial charge in [-0.3, -0.25) is 0 Å². The molecule has 0 N–H and O–H groups in total. The van der Waals surface area contributed by atoms with Crippen LogP contribution in [0.25, 0.3) is 60.9 Å². The van der Waals surface area contributed by atoms with Crippen molar-refractivity contribution in [3.8, 4) is 39.1 Å². The lowest BCUT2D eigenvalue weighted by Gasteiger charge is -2.15. The van der Waals surface area contributed by atoms with Crippen molar-refractivity contribution >= 4 is 21.8 Å². The zero-order chi connectivity index (χ0) is 53.4. The van der Waals surface area contributed by atoms with Gasteiger partial charge in [0, 0.05) is 22.4 Å². The first-order valence-corrected chi connectivity index (χ1v) is 13.0. The van der Waals surface area contributed by atoms with Crippen LogP contribution in [0.3, 0.4) is 0 Å². The van der Waals surface area contributed by atoms with E-state index in [1.165, 1.54) is 0 Å². The van der Waals surface area contributed by atoms with E-state index in [4.69, 9.17) is 24.7 Å². The molecular weight excluding hydrogens is 530 g/mol. The Morgan fingerprint density at radius 2 is 1.00 bits per heavy atom. The van der Waals surface area contributed by atoms with Crippen LogP contribution in [0.2, 0.25) is 0 Å². The molecule has 0 saturated carbocycles. The first-order valence-electron chi connectivity index (χ1n) is 27.0. The van der Waals surface area contributed by atoms with Crippen molar-refractivity contribution in [3.63, 3.8) is 0 Å². The lowest BCUT2D eigenvalue weighted by molar-refractivity contribution is 1.02. The Morgan fingerprint density at radius 3 is 1.70 bits per heavy atom. The number of hydrogen-bond donors (Lipinski definition) is 0. The maximum Gasteiger partial charge on any atom is 0.0645 e. The highest BCUT2D eigenvalue weighted by molar-refractivity contribution is 6.17. The third kappa shape index (κ3) is 3.80. The van der Waals surface area contributed by atoms with Gasteiger partial charge in [-0.2, -0.15) is 0 Å². The number of nitrogens with zero attached hydrogens (tertiary/aromatic N) is 1. The van der Waals surface area contributed by atoms with E-state index in [2.05, 4.69) is 0 Å². The van der Waals surface area contributed by atoms with Gasteiger partial charge in [0.15, 0.2) is 0 Å². The smallest absolute Gasteiger partial charge is 0.0645 e. The monoisotopic (exact) mass is 587 g/mol. The van der Waals surface area contributed by atoms with E-state index in [1.54, 1.807) is 0 Å². The SMILES string of the molecule is [2H]c1c([2H])c([2H])c(-c2c([2H])c([2H])c(C3c4c([2H])c([2H])c([2H])c([2H])c4-c4c3c([2H])c([2H])c3c4c4c([2H])c([2H])c([2H])c([2H])c4n3-c3c([2H])c([2H])c(-c4c([2H])c([2H])c([2H])c([2H])c4[2H])c([2H])c3[2H])c([2H])c2[2H])c([2H])c1[2H]. The van der Waals surface area contributed by atoms with Crippen molar-refractivity contribution in [3.05, 3.63) is 186 Å². The van der Waals surface area contributed by atoms with Crippen LogP contribution in [0, 0.1) is 0 Å². The van der Waals surface area contributed by atoms with Crippen LogP contribution >= 0.6 is 0 Å². The summed E-state index contributed by atoms with van der Waals surface area (Å²) in [6.45, 7) is 0. The Labute approximate surface area is 296 Å². The second-order valence-electron chi connectivity index (χ2n) is 9.56. The molecule has 1 aliphatic rings. The van der Waals surface area contributed by atoms with Crippen molar-refractivity contribution in [1.82, 2.24) is 4.57 Å². The molecule has 0 saturated heterocycles. The standard InChI is InChI=1S/C43H29N/c1-3-11-29(12-4-1)31-19-21-33(22-20-31)41-35-15-7-8-16-36(35)42-38(41)27-28-40-43(42)37-17-9-10-18-39(37)44(40)34-25-23-32(24-26-34)30-13-5-2-6-14-30/h1-28,41H/i1D,2D,3D,4D,5D,6D,7D,8D,9D,10D,11D,12D,13D,14D,15D,16D,17D,18D,19D,20D,21D,22D,23D,24D,25D,26D,27D,28D. The van der Waals surface area contributed by atoms with E-state index in [9.17, 15) is 13.7 Å². The zero-order valence-corrected chi connectivity index (χ0v) is 22.0. The lowest BCUT2D eigenvalue weighted by atomic mass is 9.88. The summed E-state index contributed by atoms with van der Waals surface area (Å²) in [6, 6.07) is -25.4. The predicted octanol–water partition coefficient (Wildman–Crippen LogP) is 11.3. The summed E-state index contributed by atoms with van der Waals surface area (Å²) in [7, 11) is 0. The minimum atomic E-state index is -1.94. The molecule has 1 aromatic heterocycles. The summed E-state index contributed by atoms with van der Waals surface area (Å²) >= 11 is 0. The molecule has 0 bridgehead atoms. The first kappa shape index (κ1) is 9.67. The van der Waals surface area contributed by atoms with Gasteiger partial charge in [-0.25, -0.2) is 0 Å². The maximum atomic E-state index is 9.71. The summed E-state index contributed by atoms with van der Waals surface area (Å²) in [6.07, 6.45) is 0. The van der Waals surface area contributed by atoms with Crippen LogP contribution in [0.4, 0.5) is 0 Å². The average molecular weight is 588 g/mol. The van der Waals surface area contributed by atoms with Gasteiger partial charge in [-0.05, 0) is 74.2 Å². The Bertz CT molecular complexity index is 3790. The van der Waals surface area contributed by atoms with Gasteiger partial charge in [-0.15, -0.1) is 0 Å². The van der Waals surface area contributed by atoms with Crippen LogP contribution in [0.5, 0.6) is 0 Å². The van der Waals surface area contributed by atoms with E-state index in [1.807, 2.05) is 0 Å². The molecule has 1 heterocycles. The molecule has 1 unspecified atom stereocenters. The van der Waals surface area contributed by atoms with Gasteiger partial charge in [0.25, 0.3) is 0 Å². The highest BCUT2D eigenvalue weighted by Crippen LogP contribution is 2.52. The Balaban J connectivity index is 1.50.